The van der Waals surface area contributed by atoms with E-state index in [9.17, 15) is 13.2 Å². The van der Waals surface area contributed by atoms with Gasteiger partial charge in [0.1, 0.15) is 6.54 Å². The van der Waals surface area contributed by atoms with E-state index in [1.54, 1.807) is 30.3 Å². The van der Waals surface area contributed by atoms with Crippen molar-refractivity contribution in [1.29, 1.82) is 0 Å². The lowest BCUT2D eigenvalue weighted by atomic mass is 9.86. The monoisotopic (exact) mass is 388 g/mol. The summed E-state index contributed by atoms with van der Waals surface area (Å²) in [4.78, 5) is 12.5. The minimum Gasteiger partial charge on any atom is -0.348 e. The normalized spacial score (nSPS) is 13.1. The number of nitrogens with zero attached hydrogens (tertiary/aromatic N) is 1. The van der Waals surface area contributed by atoms with Gasteiger partial charge in [0.05, 0.1) is 18.0 Å². The molecule has 0 bridgehead atoms. The van der Waals surface area contributed by atoms with Gasteiger partial charge in [-0.3, -0.25) is 9.10 Å². The maximum Gasteiger partial charge on any atom is 0.241 e. The zero-order chi connectivity index (χ0) is 20.2. The van der Waals surface area contributed by atoms with Gasteiger partial charge in [-0.25, -0.2) is 8.42 Å². The Morgan fingerprint density at radius 3 is 2.07 bits per heavy atom. The Kier molecular flexibility index (Phi) is 6.31. The number of carbonyl (C=O) groups excluding carboxylic acids is 1. The average Bonchev–Trinajstić information content (AvgIpc) is 2.59. The number of rotatable bonds is 6. The molecule has 0 aliphatic heterocycles. The largest absolute Gasteiger partial charge is 0.348 e. The maximum absolute atomic E-state index is 12.5. The molecule has 0 aliphatic rings. The molecule has 0 heterocycles. The van der Waals surface area contributed by atoms with Gasteiger partial charge in [-0.2, -0.15) is 0 Å². The van der Waals surface area contributed by atoms with E-state index in [4.69, 9.17) is 0 Å². The molecular weight excluding hydrogens is 360 g/mol. The Morgan fingerprint density at radius 2 is 1.59 bits per heavy atom. The minimum atomic E-state index is -3.56. The van der Waals surface area contributed by atoms with Gasteiger partial charge in [0.2, 0.25) is 15.9 Å². The quantitative estimate of drug-likeness (QED) is 0.822. The Bertz CT molecular complexity index is 870. The van der Waals surface area contributed by atoms with Gasteiger partial charge >= 0.3 is 0 Å². The SMILES string of the molecule is C[C@@H](NC(=O)CN(c1ccccc1)S(C)(=O)=O)c1ccc(C(C)(C)C)cc1. The Labute approximate surface area is 162 Å². The molecule has 0 spiro atoms. The number of para-hydroxylation sites is 1. The van der Waals surface area contributed by atoms with Crippen LogP contribution in [0.2, 0.25) is 0 Å². The molecule has 2 rings (SSSR count). The highest BCUT2D eigenvalue weighted by atomic mass is 32.2. The molecule has 0 radical (unpaired) electrons. The summed E-state index contributed by atoms with van der Waals surface area (Å²) >= 11 is 0. The van der Waals surface area contributed by atoms with Crippen molar-refractivity contribution < 1.29 is 13.2 Å². The molecule has 0 unspecified atom stereocenters. The molecule has 1 atom stereocenters. The number of benzene rings is 2. The molecule has 0 saturated carbocycles. The number of hydrogen-bond acceptors (Lipinski definition) is 3. The van der Waals surface area contributed by atoms with Crippen LogP contribution < -0.4 is 9.62 Å². The summed E-state index contributed by atoms with van der Waals surface area (Å²) in [5.74, 6) is -0.350. The van der Waals surface area contributed by atoms with Gasteiger partial charge < -0.3 is 5.32 Å². The first-order valence-corrected chi connectivity index (χ1v) is 10.8. The van der Waals surface area contributed by atoms with E-state index in [1.807, 2.05) is 19.1 Å². The minimum absolute atomic E-state index is 0.0662. The molecule has 1 amide bonds. The van der Waals surface area contributed by atoms with E-state index < -0.39 is 10.0 Å². The van der Waals surface area contributed by atoms with Gasteiger partial charge in [0, 0.05) is 0 Å². The highest BCUT2D eigenvalue weighted by molar-refractivity contribution is 7.92. The number of sulfonamides is 1. The van der Waals surface area contributed by atoms with Crippen molar-refractivity contribution in [3.05, 3.63) is 65.7 Å². The van der Waals surface area contributed by atoms with E-state index >= 15 is 0 Å². The van der Waals surface area contributed by atoms with Crippen molar-refractivity contribution in [2.24, 2.45) is 0 Å². The lowest BCUT2D eigenvalue weighted by molar-refractivity contribution is -0.120. The molecule has 0 aromatic heterocycles. The number of hydrogen-bond donors (Lipinski definition) is 1. The van der Waals surface area contributed by atoms with Crippen molar-refractivity contribution in [2.45, 2.75) is 39.2 Å². The summed E-state index contributed by atoms with van der Waals surface area (Å²) in [7, 11) is -3.56. The third-order valence-corrected chi connectivity index (χ3v) is 5.53. The van der Waals surface area contributed by atoms with Crippen LogP contribution in [0.5, 0.6) is 0 Å². The van der Waals surface area contributed by atoms with Gasteiger partial charge in [-0.05, 0) is 35.6 Å². The zero-order valence-electron chi connectivity index (χ0n) is 16.6. The van der Waals surface area contributed by atoms with E-state index in [1.165, 1.54) is 5.56 Å². The van der Waals surface area contributed by atoms with Crippen molar-refractivity contribution in [2.75, 3.05) is 17.1 Å². The molecule has 0 aliphatic carbocycles. The smallest absolute Gasteiger partial charge is 0.241 e. The fraction of sp³-hybridized carbons (Fsp3) is 0.381. The lowest BCUT2D eigenvalue weighted by Crippen LogP contribution is -2.41. The van der Waals surface area contributed by atoms with Gasteiger partial charge in [0.25, 0.3) is 0 Å². The van der Waals surface area contributed by atoms with E-state index in [0.717, 1.165) is 16.1 Å². The Hall–Kier alpha value is -2.34. The summed E-state index contributed by atoms with van der Waals surface area (Å²) in [6.45, 7) is 8.08. The van der Waals surface area contributed by atoms with Gasteiger partial charge in [-0.15, -0.1) is 0 Å². The predicted octanol–water partition coefficient (Wildman–Crippen LogP) is 3.63. The van der Waals surface area contributed by atoms with Crippen molar-refractivity contribution in [3.63, 3.8) is 0 Å². The molecule has 6 heteroatoms. The maximum atomic E-state index is 12.5. The highest BCUT2D eigenvalue weighted by Crippen LogP contribution is 2.24. The number of anilines is 1. The van der Waals surface area contributed by atoms with Crippen LogP contribution in [0.15, 0.2) is 54.6 Å². The van der Waals surface area contributed by atoms with E-state index in [0.29, 0.717) is 5.69 Å². The molecule has 2 aromatic carbocycles. The topological polar surface area (TPSA) is 66.5 Å². The van der Waals surface area contributed by atoms with Crippen molar-refractivity contribution in [3.8, 4) is 0 Å². The molecule has 27 heavy (non-hydrogen) atoms. The lowest BCUT2D eigenvalue weighted by Gasteiger charge is -2.24. The first kappa shape index (κ1) is 21.0. The summed E-state index contributed by atoms with van der Waals surface area (Å²) in [5.41, 5.74) is 2.73. The van der Waals surface area contributed by atoms with Gasteiger partial charge in [-0.1, -0.05) is 63.2 Å². The van der Waals surface area contributed by atoms with Crippen LogP contribution >= 0.6 is 0 Å². The average molecular weight is 389 g/mol. The second-order valence-corrected chi connectivity index (χ2v) is 9.67. The van der Waals surface area contributed by atoms with Gasteiger partial charge in [0.15, 0.2) is 0 Å². The summed E-state index contributed by atoms with van der Waals surface area (Å²) in [6, 6.07) is 16.5. The highest BCUT2D eigenvalue weighted by Gasteiger charge is 2.22. The third-order valence-electron chi connectivity index (χ3n) is 4.39. The standard InChI is InChI=1S/C21H28N2O3S/c1-16(17-11-13-18(14-12-17)21(2,3)4)22-20(24)15-23(27(5,25)26)19-9-7-6-8-10-19/h6-14,16H,15H2,1-5H3,(H,22,24)/t16-/m1/s1. The van der Waals surface area contributed by atoms with E-state index in [2.05, 4.69) is 38.2 Å². The number of amides is 1. The fourth-order valence-electron chi connectivity index (χ4n) is 2.77. The second-order valence-electron chi connectivity index (χ2n) is 7.77. The van der Waals surface area contributed by atoms with Crippen LogP contribution in [0.1, 0.15) is 44.9 Å². The molecular formula is C21H28N2O3S. The molecule has 1 N–H and O–H groups in total. The molecule has 5 nitrogen and oxygen atoms in total. The zero-order valence-corrected chi connectivity index (χ0v) is 17.4. The fourth-order valence-corrected chi connectivity index (χ4v) is 3.62. The summed E-state index contributed by atoms with van der Waals surface area (Å²) in [5, 5.41) is 2.88. The molecule has 0 saturated heterocycles. The van der Waals surface area contributed by atoms with Crippen LogP contribution in [0.3, 0.4) is 0 Å². The van der Waals surface area contributed by atoms with Crippen LogP contribution in [0.25, 0.3) is 0 Å². The Balaban J connectivity index is 2.09. The third kappa shape index (κ3) is 5.82. The number of nitrogens with one attached hydrogen (secondary N) is 1. The van der Waals surface area contributed by atoms with Crippen LogP contribution in [-0.2, 0) is 20.2 Å². The van der Waals surface area contributed by atoms with Crippen LogP contribution in [0, 0.1) is 0 Å². The Morgan fingerprint density at radius 1 is 1.04 bits per heavy atom. The first-order chi connectivity index (χ1) is 12.5. The molecule has 2 aromatic rings. The summed E-state index contributed by atoms with van der Waals surface area (Å²) < 4.78 is 25.3. The predicted molar refractivity (Wildman–Crippen MR) is 110 cm³/mol. The van der Waals surface area contributed by atoms with Crippen molar-refractivity contribution >= 4 is 21.6 Å². The van der Waals surface area contributed by atoms with Crippen molar-refractivity contribution in [1.82, 2.24) is 5.32 Å². The van der Waals surface area contributed by atoms with Crippen LogP contribution in [-0.4, -0.2) is 27.1 Å². The van der Waals surface area contributed by atoms with Crippen LogP contribution in [0.4, 0.5) is 5.69 Å². The molecule has 146 valence electrons. The molecule has 0 fully saturated rings. The first-order valence-electron chi connectivity index (χ1n) is 8.91. The van der Waals surface area contributed by atoms with E-state index in [-0.39, 0.29) is 23.9 Å². The number of carbonyl (C=O) groups is 1. The summed E-state index contributed by atoms with van der Waals surface area (Å²) in [6.07, 6.45) is 1.10. The second kappa shape index (κ2) is 8.13.